The Labute approximate surface area is 309 Å². The molecule has 5 heteroatoms. The van der Waals surface area contributed by atoms with E-state index in [1.807, 2.05) is 38.5 Å². The van der Waals surface area contributed by atoms with E-state index < -0.39 is 7.92 Å². The van der Waals surface area contributed by atoms with Crippen LogP contribution in [-0.2, 0) is 26.8 Å². The molecule has 0 heterocycles. The number of hydrogen-bond acceptors (Lipinski definition) is 3. The Kier molecular flexibility index (Phi) is 17.2. The average molecular weight is 764 g/mol. The number of nitrogens with two attached hydrogens (primary N) is 1. The second-order valence-corrected chi connectivity index (χ2v) is 17.9. The molecular weight excluding hydrogens is 700 g/mol. The van der Waals surface area contributed by atoms with E-state index in [1.54, 1.807) is 5.30 Å². The Morgan fingerprint density at radius 2 is 1.23 bits per heavy atom. The van der Waals surface area contributed by atoms with Gasteiger partial charge in [-0.2, -0.15) is 35.9 Å². The van der Waals surface area contributed by atoms with Crippen LogP contribution >= 0.6 is 7.92 Å². The van der Waals surface area contributed by atoms with Gasteiger partial charge in [-0.15, -0.1) is 0 Å². The summed E-state index contributed by atoms with van der Waals surface area (Å²) in [6.07, 6.45) is 14.9. The first-order valence-corrected chi connectivity index (χ1v) is 20.3. The van der Waals surface area contributed by atoms with Crippen LogP contribution in [0.3, 0.4) is 0 Å². The molecule has 3 aromatic carbocycles. The van der Waals surface area contributed by atoms with Crippen molar-refractivity contribution in [2.24, 2.45) is 5.73 Å². The van der Waals surface area contributed by atoms with Gasteiger partial charge in [-0.3, -0.25) is 0 Å². The quantitative estimate of drug-likeness (QED) is 0.120. The van der Waals surface area contributed by atoms with E-state index in [9.17, 15) is 0 Å². The fourth-order valence-electron chi connectivity index (χ4n) is 7.99. The second-order valence-electron chi connectivity index (χ2n) is 14.8. The van der Waals surface area contributed by atoms with Crippen molar-refractivity contribution in [2.75, 3.05) is 20.8 Å². The molecule has 0 spiro atoms. The number of hydrogen-bond donors (Lipinski definition) is 1. The summed E-state index contributed by atoms with van der Waals surface area (Å²) in [6, 6.07) is 20.4. The van der Waals surface area contributed by atoms with E-state index in [-0.39, 0.29) is 20.4 Å². The van der Waals surface area contributed by atoms with Crippen LogP contribution in [0.1, 0.15) is 146 Å². The third kappa shape index (κ3) is 10.2. The standard InChI is InChI=1S/C35H53O2P.C8H10N.Pd/c1-23(2)26-21-29(24(3)4)33(30(22-26)25(5)6)34-31(36-7)19-20-32(37-8)35(34)38(27-15-11-9-12-16-27)28-17-13-10-14-18-28;9-7-6-8-4-2-1-3-5-8;/h19-25,27-28H,9-18H2,1-8H3;1-4H,6-7,9H2;/q;-1;/p+1. The first-order valence-electron chi connectivity index (χ1n) is 18.7. The maximum absolute atomic E-state index is 6.30. The Morgan fingerprint density at radius 1 is 0.708 bits per heavy atom. The minimum atomic E-state index is -0.889. The van der Waals surface area contributed by atoms with Crippen LogP contribution in [0.15, 0.2) is 48.5 Å². The first kappa shape index (κ1) is 40.7. The molecule has 2 aliphatic carbocycles. The predicted molar refractivity (Wildman–Crippen MR) is 207 cm³/mol. The van der Waals surface area contributed by atoms with Gasteiger partial charge in [0.2, 0.25) is 0 Å². The molecule has 268 valence electrons. The van der Waals surface area contributed by atoms with E-state index in [0.717, 1.165) is 29.2 Å². The molecule has 0 aromatic heterocycles. The molecule has 48 heavy (non-hydrogen) atoms. The topological polar surface area (TPSA) is 44.5 Å². The van der Waals surface area contributed by atoms with E-state index >= 15 is 0 Å². The summed E-state index contributed by atoms with van der Waals surface area (Å²) in [5.41, 5.74) is 15.4. The van der Waals surface area contributed by atoms with Crippen LogP contribution in [0.4, 0.5) is 0 Å². The fourth-order valence-corrected chi connectivity index (χ4v) is 12.5. The number of methoxy groups -OCH3 is 2. The van der Waals surface area contributed by atoms with Crippen LogP contribution in [-0.4, -0.2) is 32.1 Å². The molecule has 3 nitrogen and oxygen atoms in total. The number of ether oxygens (including phenoxy) is 2. The summed E-state index contributed by atoms with van der Waals surface area (Å²) in [5.74, 6) is 3.53. The minimum absolute atomic E-state index is 0. The van der Waals surface area contributed by atoms with E-state index in [0.29, 0.717) is 24.3 Å². The molecule has 2 aliphatic rings. The molecule has 0 radical (unpaired) electrons. The molecule has 2 N–H and O–H groups in total. The maximum Gasteiger partial charge on any atom is 0.161 e. The molecule has 0 saturated heterocycles. The maximum atomic E-state index is 6.30. The Balaban J connectivity index is 0.000000541. The Morgan fingerprint density at radius 3 is 1.65 bits per heavy atom. The predicted octanol–water partition coefficient (Wildman–Crippen LogP) is 11.2. The summed E-state index contributed by atoms with van der Waals surface area (Å²) < 4.78 is 12.6. The zero-order valence-electron chi connectivity index (χ0n) is 31.2. The summed E-state index contributed by atoms with van der Waals surface area (Å²) in [6.45, 7) is 14.8. The van der Waals surface area contributed by atoms with Gasteiger partial charge in [0.1, 0.15) is 11.1 Å². The normalized spacial score (nSPS) is 15.8. The largest absolute Gasteiger partial charge is 0.496 e. The van der Waals surface area contributed by atoms with Gasteiger partial charge in [-0.05, 0) is 116 Å². The number of rotatable bonds is 11. The van der Waals surface area contributed by atoms with Gasteiger partial charge in [-0.1, -0.05) is 66.5 Å². The van der Waals surface area contributed by atoms with Crippen LogP contribution in [0.25, 0.3) is 11.1 Å². The molecule has 0 atom stereocenters. The molecule has 0 amide bonds. The van der Waals surface area contributed by atoms with E-state index in [4.69, 9.17) is 15.2 Å². The van der Waals surface area contributed by atoms with Gasteiger partial charge >= 0.3 is 0 Å². The van der Waals surface area contributed by atoms with Gasteiger partial charge in [0.05, 0.1) is 31.1 Å². The third-order valence-corrected chi connectivity index (χ3v) is 14.5. The van der Waals surface area contributed by atoms with E-state index in [1.165, 1.54) is 97.6 Å². The average Bonchev–Trinajstić information content (AvgIpc) is 3.09. The van der Waals surface area contributed by atoms with Crippen molar-refractivity contribution in [3.63, 3.8) is 0 Å². The van der Waals surface area contributed by atoms with Crippen molar-refractivity contribution in [3.8, 4) is 22.6 Å². The van der Waals surface area contributed by atoms with E-state index in [2.05, 4.69) is 71.9 Å². The van der Waals surface area contributed by atoms with Crippen LogP contribution in [0.5, 0.6) is 11.5 Å². The summed E-state index contributed by atoms with van der Waals surface area (Å²) in [5, 5.41) is 1.55. The molecule has 2 fully saturated rings. The zero-order valence-corrected chi connectivity index (χ0v) is 33.8. The number of benzene rings is 3. The van der Waals surface area contributed by atoms with Gasteiger partial charge in [-0.25, -0.2) is 0 Å². The summed E-state index contributed by atoms with van der Waals surface area (Å²) in [4.78, 5) is 0. The molecule has 3 aromatic rings. The van der Waals surface area contributed by atoms with Crippen LogP contribution < -0.4 is 20.5 Å². The minimum Gasteiger partial charge on any atom is -0.496 e. The fraction of sp³-hybridized carbons (Fsp3) is 0.581. The molecule has 0 unspecified atom stereocenters. The van der Waals surface area contributed by atoms with Crippen LogP contribution in [0, 0.1) is 6.07 Å². The second kappa shape index (κ2) is 20.2. The van der Waals surface area contributed by atoms with Crippen molar-refractivity contribution in [1.29, 1.82) is 0 Å². The van der Waals surface area contributed by atoms with Crippen molar-refractivity contribution in [3.05, 3.63) is 76.9 Å². The van der Waals surface area contributed by atoms with Crippen molar-refractivity contribution < 1.29 is 29.9 Å². The molecule has 0 bridgehead atoms. The third-order valence-electron chi connectivity index (χ3n) is 10.5. The van der Waals surface area contributed by atoms with Crippen LogP contribution in [0.2, 0.25) is 0 Å². The molecule has 0 aliphatic heterocycles. The SMILES string of the molecule is COc1ccc(OC)c([PH+](C2CCCCC2)C2CCCCC2)c1-c1c(C(C)C)cc(C(C)C)cc1C(C)C.NCCc1[c-]cccc1.[Pd]. The van der Waals surface area contributed by atoms with Gasteiger partial charge in [0.25, 0.3) is 0 Å². The molecular formula is C43H64NO2PPd. The zero-order chi connectivity index (χ0) is 33.9. The van der Waals surface area contributed by atoms with Gasteiger partial charge in [0.15, 0.2) is 5.75 Å². The smallest absolute Gasteiger partial charge is 0.161 e. The molecule has 2 saturated carbocycles. The first-order chi connectivity index (χ1) is 22.7. The van der Waals surface area contributed by atoms with Crippen molar-refractivity contribution in [1.82, 2.24) is 0 Å². The van der Waals surface area contributed by atoms with Crippen molar-refractivity contribution >= 4 is 13.2 Å². The van der Waals surface area contributed by atoms with Gasteiger partial charge in [0, 0.05) is 28.3 Å². The Hall–Kier alpha value is -1.69. The van der Waals surface area contributed by atoms with Crippen molar-refractivity contribution in [2.45, 2.75) is 141 Å². The Bertz CT molecular complexity index is 1330. The molecule has 5 rings (SSSR count). The summed E-state index contributed by atoms with van der Waals surface area (Å²) in [7, 11) is 2.88. The summed E-state index contributed by atoms with van der Waals surface area (Å²) >= 11 is 0. The monoisotopic (exact) mass is 763 g/mol. The van der Waals surface area contributed by atoms with Gasteiger partial charge < -0.3 is 15.2 Å².